The topological polar surface area (TPSA) is 358 Å². The number of ether oxygens (including phenoxy) is 5. The summed E-state index contributed by atoms with van der Waals surface area (Å²) in [6.45, 7) is 1.10. The number of aliphatic hydroxyl groups is 4. The third-order valence-corrected chi connectivity index (χ3v) is 14.4. The van der Waals surface area contributed by atoms with Gasteiger partial charge in [0.15, 0.2) is 18.4 Å². The molecule has 4 aliphatic rings. The SMILES string of the molecule is CCc1c2c(nc3ccc(OCN(CCS(C)(=O)=O)C(=O)OCc4ccc(OC5OC(C(=O)O)C(O)C(O)C5O)c(NC(=O)CN(C)C(=O)CCN5C(=O)C=CC5=O)c4)cc13)-c1cc3c(c(=O)n1C2)COC(=O)C3(O)CC. The summed E-state index contributed by atoms with van der Waals surface area (Å²) in [5.74, 6) is -5.75. The van der Waals surface area contributed by atoms with Gasteiger partial charge >= 0.3 is 18.0 Å². The van der Waals surface area contributed by atoms with Crippen LogP contribution in [0.5, 0.6) is 11.5 Å². The van der Waals surface area contributed by atoms with Gasteiger partial charge in [0.25, 0.3) is 17.4 Å². The number of hydrogen-bond donors (Lipinski definition) is 6. The van der Waals surface area contributed by atoms with E-state index in [-0.39, 0.29) is 73.0 Å². The molecule has 5 amide bonds. The zero-order chi connectivity index (χ0) is 55.8. The van der Waals surface area contributed by atoms with Gasteiger partial charge in [0.2, 0.25) is 18.1 Å². The van der Waals surface area contributed by atoms with Crippen molar-refractivity contribution in [3.63, 3.8) is 0 Å². The van der Waals surface area contributed by atoms with Crippen LogP contribution in [0.15, 0.2) is 59.4 Å². The van der Waals surface area contributed by atoms with Crippen molar-refractivity contribution in [3.05, 3.63) is 92.8 Å². The zero-order valence-corrected chi connectivity index (χ0v) is 42.7. The van der Waals surface area contributed by atoms with Gasteiger partial charge in [-0.25, -0.2) is 27.8 Å². The highest BCUT2D eigenvalue weighted by Gasteiger charge is 2.49. The summed E-state index contributed by atoms with van der Waals surface area (Å²) in [6, 6.07) is 10.3. The van der Waals surface area contributed by atoms with Crippen molar-refractivity contribution in [1.29, 1.82) is 0 Å². The number of amides is 5. The summed E-state index contributed by atoms with van der Waals surface area (Å²) in [5, 5.41) is 55.3. The Labute approximate surface area is 437 Å². The number of cyclic esters (lactones) is 1. The van der Waals surface area contributed by atoms with Gasteiger partial charge in [0, 0.05) is 61.5 Å². The van der Waals surface area contributed by atoms with Crippen LogP contribution in [0.4, 0.5) is 10.5 Å². The second-order valence-corrected chi connectivity index (χ2v) is 20.9. The number of aromatic nitrogens is 2. The van der Waals surface area contributed by atoms with Crippen LogP contribution in [-0.4, -0.2) is 176 Å². The molecule has 0 bridgehead atoms. The first-order valence-corrected chi connectivity index (χ1v) is 26.1. The quantitative estimate of drug-likeness (QED) is 0.0349. The lowest BCUT2D eigenvalue weighted by molar-refractivity contribution is -0.271. The van der Waals surface area contributed by atoms with Gasteiger partial charge in [-0.15, -0.1) is 0 Å². The number of nitrogens with zero attached hydrogens (tertiary/aromatic N) is 5. The number of anilines is 1. The highest BCUT2D eigenvalue weighted by atomic mass is 32.2. The number of imide groups is 1. The molecular formula is C50H54N6O20S. The average molecular weight is 1090 g/mol. The molecule has 6 unspecified atom stereocenters. The smallest absolute Gasteiger partial charge is 0.412 e. The van der Waals surface area contributed by atoms with Crippen LogP contribution >= 0.6 is 0 Å². The highest BCUT2D eigenvalue weighted by molar-refractivity contribution is 7.90. The summed E-state index contributed by atoms with van der Waals surface area (Å²) in [6.07, 6.45) is -7.90. The molecule has 4 aliphatic heterocycles. The third-order valence-electron chi connectivity index (χ3n) is 13.5. The maximum Gasteiger partial charge on any atom is 0.412 e. The fourth-order valence-electron chi connectivity index (χ4n) is 9.19. The summed E-state index contributed by atoms with van der Waals surface area (Å²) in [5.41, 5.74) is 0.883. The molecule has 410 valence electrons. The minimum atomic E-state index is -3.64. The maximum atomic E-state index is 13.8. The molecule has 0 saturated carbocycles. The lowest BCUT2D eigenvalue weighted by Gasteiger charge is -2.38. The molecule has 2 aromatic heterocycles. The molecule has 8 rings (SSSR count). The molecular weight excluding hydrogens is 1040 g/mol. The van der Waals surface area contributed by atoms with Gasteiger partial charge in [-0.3, -0.25) is 33.8 Å². The molecule has 26 nitrogen and oxygen atoms in total. The Morgan fingerprint density at radius 3 is 2.36 bits per heavy atom. The van der Waals surface area contributed by atoms with Crippen molar-refractivity contribution < 1.29 is 91.2 Å². The van der Waals surface area contributed by atoms with E-state index in [1.165, 1.54) is 29.8 Å². The molecule has 27 heteroatoms. The number of carboxylic acid groups (broad SMARTS) is 1. The van der Waals surface area contributed by atoms with Crippen molar-refractivity contribution >= 4 is 68.1 Å². The average Bonchev–Trinajstić information content (AvgIpc) is 4.11. The largest absolute Gasteiger partial charge is 0.479 e. The Morgan fingerprint density at radius 2 is 1.69 bits per heavy atom. The number of carboxylic acids is 1. The summed E-state index contributed by atoms with van der Waals surface area (Å²) in [7, 11) is -2.36. The number of rotatable bonds is 19. The number of aliphatic hydroxyl groups excluding tert-OH is 3. The van der Waals surface area contributed by atoms with Gasteiger partial charge in [0.1, 0.15) is 52.9 Å². The number of nitrogens with one attached hydrogen (secondary N) is 1. The van der Waals surface area contributed by atoms with Crippen molar-refractivity contribution in [3.8, 4) is 22.9 Å². The number of pyridine rings is 2. The molecule has 77 heavy (non-hydrogen) atoms. The minimum absolute atomic E-state index is 0.0214. The Bertz CT molecular complexity index is 3290. The number of esters is 1. The number of aliphatic carboxylic acids is 1. The lowest BCUT2D eigenvalue weighted by Crippen LogP contribution is -2.61. The van der Waals surface area contributed by atoms with Crippen molar-refractivity contribution in [2.45, 2.75) is 89.2 Å². The predicted octanol–water partition coefficient (Wildman–Crippen LogP) is -0.355. The van der Waals surface area contributed by atoms with Crippen LogP contribution < -0.4 is 20.3 Å². The molecule has 6 atom stereocenters. The Morgan fingerprint density at radius 1 is 0.961 bits per heavy atom. The van der Waals surface area contributed by atoms with E-state index in [0.717, 1.165) is 44.2 Å². The van der Waals surface area contributed by atoms with Crippen LogP contribution in [0.2, 0.25) is 0 Å². The molecule has 6 heterocycles. The van der Waals surface area contributed by atoms with E-state index < -0.39 is 119 Å². The minimum Gasteiger partial charge on any atom is -0.479 e. The summed E-state index contributed by atoms with van der Waals surface area (Å²) in [4.78, 5) is 110. The van der Waals surface area contributed by atoms with Gasteiger partial charge in [-0.1, -0.05) is 19.9 Å². The van der Waals surface area contributed by atoms with E-state index in [0.29, 0.717) is 28.7 Å². The van der Waals surface area contributed by atoms with Crippen molar-refractivity contribution in [2.24, 2.45) is 0 Å². The number of carbonyl (C=O) groups excluding carboxylic acids is 6. The standard InChI is InChI=1S/C50H54N6O20S/c1-5-27-28-18-26(8-9-32(28)52-40-29(27)20-56-34(40)19-31-30(45(56)64)23-72-48(67)50(31,69)6-2)74-24-54(15-16-77(4,70)71)49(68)73-22-25-7-10-35(75-47-43(63)41(61)42(62)44(76-47)46(65)66)33(17-25)51-36(57)21-53(3)37(58)13-14-55-38(59)11-12-39(55)60/h7-12,17-19,41-44,47,61-63,69H,5-6,13-16,20-24H2,1-4H3,(H,51,57)(H,65,66). The monoisotopic (exact) mass is 1090 g/mol. The lowest BCUT2D eigenvalue weighted by atomic mass is 9.86. The van der Waals surface area contributed by atoms with E-state index in [1.807, 2.05) is 6.92 Å². The number of aryl methyl sites for hydroxylation is 1. The first kappa shape index (κ1) is 55.4. The van der Waals surface area contributed by atoms with Crippen LogP contribution in [0.25, 0.3) is 22.3 Å². The second-order valence-electron chi connectivity index (χ2n) is 18.7. The number of likely N-dealkylation sites (N-methyl/N-ethyl adjacent to an activating group) is 1. The first-order valence-electron chi connectivity index (χ1n) is 24.1. The normalized spacial score (nSPS) is 21.5. The molecule has 0 aliphatic carbocycles. The first-order chi connectivity index (χ1) is 36.4. The van der Waals surface area contributed by atoms with Gasteiger partial charge in [0.05, 0.1) is 47.0 Å². The van der Waals surface area contributed by atoms with Crippen LogP contribution in [-0.2, 0) is 84.6 Å². The van der Waals surface area contributed by atoms with E-state index in [4.69, 9.17) is 28.7 Å². The fraction of sp³-hybridized carbons (Fsp3) is 0.420. The zero-order valence-electron chi connectivity index (χ0n) is 41.9. The number of carbonyl (C=O) groups is 7. The van der Waals surface area contributed by atoms with Crippen LogP contribution in [0.3, 0.4) is 0 Å². The summed E-state index contributed by atoms with van der Waals surface area (Å²) < 4.78 is 54.0. The maximum absolute atomic E-state index is 13.8. The Kier molecular flexibility index (Phi) is 15.9. The second kappa shape index (κ2) is 22.0. The molecule has 1 saturated heterocycles. The molecule has 6 N–H and O–H groups in total. The number of sulfone groups is 1. The van der Waals surface area contributed by atoms with Gasteiger partial charge in [-0.2, -0.15) is 0 Å². The third kappa shape index (κ3) is 11.4. The van der Waals surface area contributed by atoms with E-state index in [1.54, 1.807) is 31.2 Å². The molecule has 0 spiro atoms. The summed E-state index contributed by atoms with van der Waals surface area (Å²) >= 11 is 0. The van der Waals surface area contributed by atoms with Gasteiger partial charge < -0.3 is 64.0 Å². The van der Waals surface area contributed by atoms with Crippen LogP contribution in [0.1, 0.15) is 54.5 Å². The molecule has 2 aromatic carbocycles. The van der Waals surface area contributed by atoms with E-state index in [2.05, 4.69) is 5.32 Å². The molecule has 1 fully saturated rings. The number of fused-ring (bicyclic) bond motifs is 5. The van der Waals surface area contributed by atoms with Crippen LogP contribution in [0, 0.1) is 0 Å². The fourth-order valence-corrected chi connectivity index (χ4v) is 9.74. The van der Waals surface area contributed by atoms with E-state index >= 15 is 0 Å². The Balaban J connectivity index is 0.994. The molecule has 0 radical (unpaired) electrons. The number of hydrogen-bond acceptors (Lipinski definition) is 20. The van der Waals surface area contributed by atoms with Gasteiger partial charge in [-0.05, 0) is 60.4 Å². The molecule has 4 aromatic rings. The number of benzene rings is 2. The van der Waals surface area contributed by atoms with Crippen molar-refractivity contribution in [1.82, 2.24) is 24.3 Å². The Hall–Kier alpha value is -7.82. The van der Waals surface area contributed by atoms with Crippen molar-refractivity contribution in [2.75, 3.05) is 50.7 Å². The highest BCUT2D eigenvalue weighted by Crippen LogP contribution is 2.41. The van der Waals surface area contributed by atoms with E-state index in [9.17, 15) is 72.3 Å². The predicted molar refractivity (Wildman–Crippen MR) is 264 cm³/mol.